The van der Waals surface area contributed by atoms with Crippen LogP contribution in [-0.4, -0.2) is 29.3 Å². The number of anilines is 1. The van der Waals surface area contributed by atoms with E-state index in [4.69, 9.17) is 4.74 Å². The molecule has 2 heterocycles. The largest absolute Gasteiger partial charge is 0.479 e. The van der Waals surface area contributed by atoms with E-state index >= 15 is 0 Å². The van der Waals surface area contributed by atoms with Gasteiger partial charge in [-0.25, -0.2) is 4.79 Å². The van der Waals surface area contributed by atoms with Gasteiger partial charge in [0.25, 0.3) is 0 Å². The van der Waals surface area contributed by atoms with Crippen molar-refractivity contribution < 1.29 is 14.6 Å². The number of fused-ring (bicyclic) bond motifs is 1. The van der Waals surface area contributed by atoms with Gasteiger partial charge in [-0.15, -0.1) is 0 Å². The molecule has 0 saturated carbocycles. The molecular formula is C15H17NO3. The highest BCUT2D eigenvalue weighted by Crippen LogP contribution is 2.51. The van der Waals surface area contributed by atoms with Gasteiger partial charge in [0.15, 0.2) is 0 Å². The number of aliphatic carboxylic acids is 1. The highest BCUT2D eigenvalue weighted by molar-refractivity contribution is 5.88. The lowest BCUT2D eigenvalue weighted by atomic mass is 9.92. The smallest absolute Gasteiger partial charge is 0.345 e. The minimum Gasteiger partial charge on any atom is -0.479 e. The fourth-order valence-electron chi connectivity index (χ4n) is 2.87. The van der Waals surface area contributed by atoms with E-state index in [0.29, 0.717) is 0 Å². The normalized spacial score (nSPS) is 31.1. The maximum atomic E-state index is 11.6. The summed E-state index contributed by atoms with van der Waals surface area (Å²) in [5, 5.41) is 9.51. The molecule has 0 aromatic heterocycles. The third-order valence-electron chi connectivity index (χ3n) is 3.79. The van der Waals surface area contributed by atoms with Gasteiger partial charge in [0.05, 0.1) is 5.70 Å². The van der Waals surface area contributed by atoms with Crippen molar-refractivity contribution in [3.05, 3.63) is 42.1 Å². The van der Waals surface area contributed by atoms with E-state index in [2.05, 4.69) is 4.90 Å². The fourth-order valence-corrected chi connectivity index (χ4v) is 2.87. The van der Waals surface area contributed by atoms with Gasteiger partial charge in [0.2, 0.25) is 5.60 Å². The van der Waals surface area contributed by atoms with Gasteiger partial charge in [0, 0.05) is 12.2 Å². The minimum absolute atomic E-state index is 0.164. The number of benzene rings is 1. The molecule has 4 heteroatoms. The molecular weight excluding hydrogens is 242 g/mol. The second-order valence-corrected chi connectivity index (χ2v) is 4.92. The molecule has 0 aliphatic carbocycles. The zero-order valence-electron chi connectivity index (χ0n) is 10.9. The van der Waals surface area contributed by atoms with Crippen LogP contribution in [0, 0.1) is 0 Å². The predicted octanol–water partition coefficient (Wildman–Crippen LogP) is 2.41. The molecule has 0 bridgehead atoms. The summed E-state index contributed by atoms with van der Waals surface area (Å²) in [4.78, 5) is 13.7. The van der Waals surface area contributed by atoms with Crippen molar-refractivity contribution in [1.82, 2.24) is 0 Å². The molecule has 2 aliphatic heterocycles. The Morgan fingerprint density at radius 1 is 1.53 bits per heavy atom. The standard InChI is InChI=1S/C15H17NO3/c1-2-6-12-15(14(17)18)13(19-15)9-10-16(12)11-7-4-3-5-8-11/h3-8,13H,2,9-10H2,1H3,(H,17,18)/b12-6+. The lowest BCUT2D eigenvalue weighted by Gasteiger charge is -2.33. The number of allylic oxidation sites excluding steroid dienone is 1. The number of carboxylic acids is 1. The first-order valence-electron chi connectivity index (χ1n) is 6.64. The first-order chi connectivity index (χ1) is 9.20. The molecule has 0 radical (unpaired) electrons. The average molecular weight is 259 g/mol. The summed E-state index contributed by atoms with van der Waals surface area (Å²) in [6.45, 7) is 2.81. The predicted molar refractivity (Wildman–Crippen MR) is 72.0 cm³/mol. The Hall–Kier alpha value is -1.81. The molecule has 0 spiro atoms. The van der Waals surface area contributed by atoms with Crippen molar-refractivity contribution in [2.45, 2.75) is 31.5 Å². The summed E-state index contributed by atoms with van der Waals surface area (Å²) in [7, 11) is 0. The van der Waals surface area contributed by atoms with Gasteiger partial charge < -0.3 is 14.7 Å². The summed E-state index contributed by atoms with van der Waals surface area (Å²) in [6.07, 6.45) is 3.36. The van der Waals surface area contributed by atoms with Crippen LogP contribution in [0.5, 0.6) is 0 Å². The van der Waals surface area contributed by atoms with Crippen LogP contribution in [-0.2, 0) is 9.53 Å². The molecule has 3 rings (SSSR count). The Morgan fingerprint density at radius 3 is 2.89 bits per heavy atom. The van der Waals surface area contributed by atoms with Crippen molar-refractivity contribution in [1.29, 1.82) is 0 Å². The van der Waals surface area contributed by atoms with Gasteiger partial charge in [-0.1, -0.05) is 31.2 Å². The van der Waals surface area contributed by atoms with Crippen LogP contribution >= 0.6 is 0 Å². The topological polar surface area (TPSA) is 53.1 Å². The third kappa shape index (κ3) is 1.75. The molecule has 4 nitrogen and oxygen atoms in total. The second-order valence-electron chi connectivity index (χ2n) is 4.92. The Balaban J connectivity index is 2.02. The summed E-state index contributed by atoms with van der Waals surface area (Å²) in [6, 6.07) is 9.89. The number of piperidine rings is 1. The van der Waals surface area contributed by atoms with Crippen molar-refractivity contribution in [3.63, 3.8) is 0 Å². The Kier molecular flexibility index (Phi) is 2.82. The summed E-state index contributed by atoms with van der Waals surface area (Å²) < 4.78 is 5.53. The van der Waals surface area contributed by atoms with Gasteiger partial charge >= 0.3 is 5.97 Å². The van der Waals surface area contributed by atoms with E-state index < -0.39 is 11.6 Å². The lowest BCUT2D eigenvalue weighted by molar-refractivity contribution is -0.141. The van der Waals surface area contributed by atoms with Crippen molar-refractivity contribution in [2.75, 3.05) is 11.4 Å². The van der Waals surface area contributed by atoms with Crippen molar-refractivity contribution >= 4 is 11.7 Å². The van der Waals surface area contributed by atoms with Crippen molar-refractivity contribution in [2.24, 2.45) is 0 Å². The highest BCUT2D eigenvalue weighted by Gasteiger charge is 2.68. The van der Waals surface area contributed by atoms with Crippen molar-refractivity contribution in [3.8, 4) is 0 Å². The van der Waals surface area contributed by atoms with Crippen LogP contribution in [0.25, 0.3) is 0 Å². The van der Waals surface area contributed by atoms with Crippen LogP contribution in [0.1, 0.15) is 19.8 Å². The molecule has 1 aromatic carbocycles. The number of ether oxygens (including phenoxy) is 1. The van der Waals surface area contributed by atoms with E-state index in [9.17, 15) is 9.90 Å². The lowest BCUT2D eigenvalue weighted by Crippen LogP contribution is -2.44. The average Bonchev–Trinajstić information content (AvgIpc) is 3.17. The van der Waals surface area contributed by atoms with E-state index in [1.54, 1.807) is 0 Å². The summed E-state index contributed by atoms with van der Waals surface area (Å²) in [5.74, 6) is -0.877. The molecule has 1 aromatic rings. The quantitative estimate of drug-likeness (QED) is 0.847. The number of epoxide rings is 1. The van der Waals surface area contributed by atoms with E-state index in [1.807, 2.05) is 43.3 Å². The van der Waals surface area contributed by atoms with Gasteiger partial charge in [-0.05, 0) is 25.0 Å². The maximum Gasteiger partial charge on any atom is 0.345 e. The monoisotopic (exact) mass is 259 g/mol. The van der Waals surface area contributed by atoms with Gasteiger partial charge in [-0.2, -0.15) is 0 Å². The zero-order chi connectivity index (χ0) is 13.5. The Labute approximate surface area is 112 Å². The number of nitrogens with zero attached hydrogens (tertiary/aromatic N) is 1. The second kappa shape index (κ2) is 4.38. The third-order valence-corrected chi connectivity index (χ3v) is 3.79. The number of hydrogen-bond acceptors (Lipinski definition) is 3. The SMILES string of the molecule is CC/C=C1/N(c2ccccc2)CCC2OC12C(=O)O. The molecule has 2 fully saturated rings. The fraction of sp³-hybridized carbons (Fsp3) is 0.400. The first kappa shape index (κ1) is 12.2. The molecule has 1 N–H and O–H groups in total. The summed E-state index contributed by atoms with van der Waals surface area (Å²) in [5.41, 5.74) is 0.700. The summed E-state index contributed by atoms with van der Waals surface area (Å²) >= 11 is 0. The number of hydrogen-bond donors (Lipinski definition) is 1. The zero-order valence-corrected chi connectivity index (χ0v) is 10.9. The van der Waals surface area contributed by atoms with E-state index in [0.717, 1.165) is 30.8 Å². The number of para-hydroxylation sites is 1. The van der Waals surface area contributed by atoms with E-state index in [1.165, 1.54) is 0 Å². The minimum atomic E-state index is -1.11. The van der Waals surface area contributed by atoms with E-state index in [-0.39, 0.29) is 6.10 Å². The van der Waals surface area contributed by atoms with Crippen LogP contribution in [0.3, 0.4) is 0 Å². The Bertz CT molecular complexity index is 525. The number of carbonyl (C=O) groups is 1. The van der Waals surface area contributed by atoms with Gasteiger partial charge in [0.1, 0.15) is 6.10 Å². The molecule has 19 heavy (non-hydrogen) atoms. The molecule has 2 atom stereocenters. The molecule has 100 valence electrons. The molecule has 0 amide bonds. The highest BCUT2D eigenvalue weighted by atomic mass is 16.6. The van der Waals surface area contributed by atoms with Crippen LogP contribution in [0.2, 0.25) is 0 Å². The molecule has 2 saturated heterocycles. The number of carboxylic acid groups (broad SMARTS) is 1. The molecule has 2 aliphatic rings. The van der Waals surface area contributed by atoms with Crippen LogP contribution in [0.15, 0.2) is 42.1 Å². The van der Waals surface area contributed by atoms with Gasteiger partial charge in [-0.3, -0.25) is 0 Å². The maximum absolute atomic E-state index is 11.6. The van der Waals surface area contributed by atoms with Crippen LogP contribution < -0.4 is 4.90 Å². The number of rotatable bonds is 3. The first-order valence-corrected chi connectivity index (χ1v) is 6.64. The Morgan fingerprint density at radius 2 is 2.26 bits per heavy atom. The molecule has 2 unspecified atom stereocenters. The van der Waals surface area contributed by atoms with Crippen LogP contribution in [0.4, 0.5) is 5.69 Å².